The van der Waals surface area contributed by atoms with Crippen molar-refractivity contribution >= 4 is 5.91 Å². The van der Waals surface area contributed by atoms with Crippen LogP contribution in [0.15, 0.2) is 42.7 Å². The van der Waals surface area contributed by atoms with Crippen LogP contribution in [0.2, 0.25) is 0 Å². The quantitative estimate of drug-likeness (QED) is 0.804. The van der Waals surface area contributed by atoms with E-state index in [-0.39, 0.29) is 12.1 Å². The highest BCUT2D eigenvalue weighted by Gasteiger charge is 2.34. The molecular formula is C18H21F4N3O. The smallest absolute Gasteiger partial charge is 0.366 e. The van der Waals surface area contributed by atoms with Gasteiger partial charge in [0.1, 0.15) is 5.82 Å². The molecule has 4 nitrogen and oxygen atoms in total. The largest absolute Gasteiger partial charge is 0.419 e. The number of amides is 1. The van der Waals surface area contributed by atoms with Crippen LogP contribution < -0.4 is 11.1 Å². The van der Waals surface area contributed by atoms with Crippen LogP contribution in [0, 0.1) is 5.82 Å². The normalized spacial score (nSPS) is 11.5. The van der Waals surface area contributed by atoms with Crippen molar-refractivity contribution in [2.45, 2.75) is 39.0 Å². The highest BCUT2D eigenvalue weighted by atomic mass is 19.4. The Bertz CT molecular complexity index is 725. The minimum atomic E-state index is -4.65. The van der Waals surface area contributed by atoms with E-state index in [2.05, 4.69) is 10.3 Å². The summed E-state index contributed by atoms with van der Waals surface area (Å²) in [6.07, 6.45) is -1.60. The number of nitrogens with two attached hydrogens (primary N) is 1. The molecule has 0 saturated carbocycles. The van der Waals surface area contributed by atoms with E-state index in [0.29, 0.717) is 11.1 Å². The van der Waals surface area contributed by atoms with E-state index < -0.39 is 23.5 Å². The van der Waals surface area contributed by atoms with Crippen LogP contribution in [0.3, 0.4) is 0 Å². The van der Waals surface area contributed by atoms with Crippen molar-refractivity contribution in [2.24, 2.45) is 5.73 Å². The first-order chi connectivity index (χ1) is 11.9. The zero-order chi connectivity index (χ0) is 20.0. The maximum Gasteiger partial charge on any atom is 0.419 e. The molecule has 0 fully saturated rings. The van der Waals surface area contributed by atoms with E-state index >= 15 is 0 Å². The number of nitrogens with zero attached hydrogens (tertiary/aromatic N) is 1. The minimum Gasteiger partial charge on any atom is -0.366 e. The molecule has 142 valence electrons. The van der Waals surface area contributed by atoms with Gasteiger partial charge < -0.3 is 11.1 Å². The van der Waals surface area contributed by atoms with Crippen molar-refractivity contribution in [1.82, 2.24) is 10.3 Å². The van der Waals surface area contributed by atoms with Crippen molar-refractivity contribution in [3.8, 4) is 0 Å². The molecule has 0 atom stereocenters. The Morgan fingerprint density at radius 1 is 1.12 bits per heavy atom. The second kappa shape index (κ2) is 8.75. The number of pyridine rings is 1. The maximum absolute atomic E-state index is 13.0. The van der Waals surface area contributed by atoms with E-state index in [1.807, 2.05) is 20.8 Å². The monoisotopic (exact) mass is 371 g/mol. The lowest BCUT2D eigenvalue weighted by Gasteiger charge is -2.21. The molecule has 0 bridgehead atoms. The minimum absolute atomic E-state index is 0.202. The number of aromatic nitrogens is 1. The lowest BCUT2D eigenvalue weighted by atomic mass is 10.1. The Balaban J connectivity index is 0.000000314. The standard InChI is InChI=1S/C12H15F4N.C6H6N2O/c1-11(2,3)17-7-8-4-5-10(13)9(6-8)12(14,15)16;7-6(9)5-1-3-8-4-2-5/h4-6,17H,7H2,1-3H3;1-4H,(H2,7,9). The fraction of sp³-hybridized carbons (Fsp3) is 0.333. The first kappa shape index (κ1) is 21.6. The summed E-state index contributed by atoms with van der Waals surface area (Å²) >= 11 is 0. The van der Waals surface area contributed by atoms with Gasteiger partial charge >= 0.3 is 6.18 Å². The average molecular weight is 371 g/mol. The molecule has 1 aromatic carbocycles. The van der Waals surface area contributed by atoms with Crippen molar-refractivity contribution in [3.05, 3.63) is 65.2 Å². The van der Waals surface area contributed by atoms with E-state index in [4.69, 9.17) is 5.73 Å². The van der Waals surface area contributed by atoms with Crippen molar-refractivity contribution in [2.75, 3.05) is 0 Å². The summed E-state index contributed by atoms with van der Waals surface area (Å²) in [5.41, 5.74) is 4.43. The zero-order valence-electron chi connectivity index (χ0n) is 14.7. The molecule has 0 aliphatic carbocycles. The average Bonchev–Trinajstić information content (AvgIpc) is 2.53. The molecule has 3 N–H and O–H groups in total. The summed E-state index contributed by atoms with van der Waals surface area (Å²) in [5, 5.41) is 3.05. The second-order valence-corrected chi connectivity index (χ2v) is 6.52. The third-order valence-electron chi connectivity index (χ3n) is 3.12. The van der Waals surface area contributed by atoms with Crippen molar-refractivity contribution in [1.29, 1.82) is 0 Å². The topological polar surface area (TPSA) is 68.0 Å². The molecule has 0 unspecified atom stereocenters. The lowest BCUT2D eigenvalue weighted by Crippen LogP contribution is -2.35. The van der Waals surface area contributed by atoms with Gasteiger partial charge in [0.05, 0.1) is 5.56 Å². The number of carbonyl (C=O) groups is 1. The summed E-state index contributed by atoms with van der Waals surface area (Å²) in [4.78, 5) is 14.1. The van der Waals surface area contributed by atoms with E-state index in [0.717, 1.165) is 12.1 Å². The molecule has 0 aliphatic heterocycles. The fourth-order valence-corrected chi connectivity index (χ4v) is 1.78. The molecule has 2 rings (SSSR count). The van der Waals surface area contributed by atoms with E-state index in [1.165, 1.54) is 18.5 Å². The number of hydrogen-bond acceptors (Lipinski definition) is 3. The van der Waals surface area contributed by atoms with Crippen LogP contribution in [0.5, 0.6) is 0 Å². The summed E-state index contributed by atoms with van der Waals surface area (Å²) in [5.74, 6) is -1.66. The SMILES string of the molecule is CC(C)(C)NCc1ccc(F)c(C(F)(F)F)c1.NC(=O)c1ccncc1. The predicted molar refractivity (Wildman–Crippen MR) is 90.7 cm³/mol. The molecule has 8 heteroatoms. The molecule has 1 heterocycles. The van der Waals surface area contributed by atoms with Crippen LogP contribution in [0.25, 0.3) is 0 Å². The Kier molecular flexibility index (Phi) is 7.26. The van der Waals surface area contributed by atoms with Crippen LogP contribution in [-0.2, 0) is 12.7 Å². The predicted octanol–water partition coefficient (Wildman–Crippen LogP) is 3.91. The van der Waals surface area contributed by atoms with Gasteiger partial charge in [0, 0.05) is 30.0 Å². The van der Waals surface area contributed by atoms with E-state index in [1.54, 1.807) is 12.1 Å². The number of benzene rings is 1. The van der Waals surface area contributed by atoms with Gasteiger partial charge in [0.15, 0.2) is 0 Å². The number of halogens is 4. The maximum atomic E-state index is 13.0. The Morgan fingerprint density at radius 2 is 1.69 bits per heavy atom. The van der Waals surface area contributed by atoms with Gasteiger partial charge in [-0.15, -0.1) is 0 Å². The van der Waals surface area contributed by atoms with Gasteiger partial charge in [-0.2, -0.15) is 13.2 Å². The molecule has 2 aromatic rings. The molecule has 1 amide bonds. The summed E-state index contributed by atoms with van der Waals surface area (Å²) < 4.78 is 50.3. The highest BCUT2D eigenvalue weighted by molar-refractivity contribution is 5.92. The molecule has 0 saturated heterocycles. The Hall–Kier alpha value is -2.48. The van der Waals surface area contributed by atoms with Gasteiger partial charge in [-0.25, -0.2) is 4.39 Å². The lowest BCUT2D eigenvalue weighted by molar-refractivity contribution is -0.140. The third kappa shape index (κ3) is 7.60. The molecule has 0 aliphatic rings. The molecular weight excluding hydrogens is 350 g/mol. The number of nitrogens with one attached hydrogen (secondary N) is 1. The second-order valence-electron chi connectivity index (χ2n) is 6.52. The highest BCUT2D eigenvalue weighted by Crippen LogP contribution is 2.31. The first-order valence-electron chi connectivity index (χ1n) is 7.70. The van der Waals surface area contributed by atoms with Crippen molar-refractivity contribution in [3.63, 3.8) is 0 Å². The molecule has 26 heavy (non-hydrogen) atoms. The number of rotatable bonds is 3. The van der Waals surface area contributed by atoms with Crippen LogP contribution >= 0.6 is 0 Å². The summed E-state index contributed by atoms with van der Waals surface area (Å²) in [6.45, 7) is 5.98. The van der Waals surface area contributed by atoms with Gasteiger partial charge in [0.2, 0.25) is 5.91 Å². The van der Waals surface area contributed by atoms with Gasteiger partial charge in [0.25, 0.3) is 0 Å². The molecule has 1 aromatic heterocycles. The molecule has 0 radical (unpaired) electrons. The fourth-order valence-electron chi connectivity index (χ4n) is 1.78. The number of alkyl halides is 3. The zero-order valence-corrected chi connectivity index (χ0v) is 14.7. The van der Waals surface area contributed by atoms with Crippen LogP contribution in [0.4, 0.5) is 17.6 Å². The number of hydrogen-bond donors (Lipinski definition) is 2. The number of carbonyl (C=O) groups excluding carboxylic acids is 1. The van der Waals surface area contributed by atoms with E-state index in [9.17, 15) is 22.4 Å². The summed E-state index contributed by atoms with van der Waals surface area (Å²) in [6, 6.07) is 6.19. The Labute approximate surface area is 149 Å². The van der Waals surface area contributed by atoms with Crippen LogP contribution in [0.1, 0.15) is 42.3 Å². The van der Waals surface area contributed by atoms with Gasteiger partial charge in [-0.05, 0) is 50.6 Å². The van der Waals surface area contributed by atoms with Crippen LogP contribution in [-0.4, -0.2) is 16.4 Å². The third-order valence-corrected chi connectivity index (χ3v) is 3.12. The van der Waals surface area contributed by atoms with Gasteiger partial charge in [-0.1, -0.05) is 6.07 Å². The Morgan fingerprint density at radius 3 is 2.12 bits per heavy atom. The summed E-state index contributed by atoms with van der Waals surface area (Å²) in [7, 11) is 0. The van der Waals surface area contributed by atoms with Crippen molar-refractivity contribution < 1.29 is 22.4 Å². The van der Waals surface area contributed by atoms with Gasteiger partial charge in [-0.3, -0.25) is 9.78 Å². The first-order valence-corrected chi connectivity index (χ1v) is 7.70. The number of primary amides is 1. The molecule has 0 spiro atoms.